The molecule has 28 heavy (non-hydrogen) atoms. The molecule has 0 saturated carbocycles. The van der Waals surface area contributed by atoms with Crippen molar-refractivity contribution in [1.29, 1.82) is 0 Å². The molecule has 3 heterocycles. The van der Waals surface area contributed by atoms with E-state index < -0.39 is 0 Å². The van der Waals surface area contributed by atoms with E-state index in [0.29, 0.717) is 25.3 Å². The molecule has 0 unspecified atom stereocenters. The Morgan fingerprint density at radius 1 is 1.18 bits per heavy atom. The van der Waals surface area contributed by atoms with Gasteiger partial charge in [-0.1, -0.05) is 12.1 Å². The lowest BCUT2D eigenvalue weighted by molar-refractivity contribution is -0.136. The summed E-state index contributed by atoms with van der Waals surface area (Å²) in [5.74, 6) is -0.193. The van der Waals surface area contributed by atoms with Crippen LogP contribution in [0.15, 0.2) is 42.6 Å². The molecule has 4 rings (SSSR count). The van der Waals surface area contributed by atoms with Crippen molar-refractivity contribution >= 4 is 11.8 Å². The summed E-state index contributed by atoms with van der Waals surface area (Å²) in [5, 5.41) is 0. The molecule has 2 aliphatic heterocycles. The minimum Gasteiger partial charge on any atom is -0.375 e. The molecule has 3 atom stereocenters. The lowest BCUT2D eigenvalue weighted by atomic mass is 9.89. The number of aromatic nitrogens is 1. The van der Waals surface area contributed by atoms with Gasteiger partial charge in [0.15, 0.2) is 0 Å². The monoisotopic (exact) mass is 385 g/mol. The maximum Gasteiger partial charge on any atom is 0.270 e. The Hall–Kier alpha value is -2.67. The summed E-state index contributed by atoms with van der Waals surface area (Å²) in [7, 11) is 3.34. The number of rotatable bonds is 4. The third-order valence-corrected chi connectivity index (χ3v) is 5.89. The largest absolute Gasteiger partial charge is 0.375 e. The van der Waals surface area contributed by atoms with Crippen molar-refractivity contribution in [2.45, 2.75) is 6.04 Å². The predicted octanol–water partition coefficient (Wildman–Crippen LogP) is 2.08. The Labute approximate surface area is 163 Å². The Morgan fingerprint density at radius 3 is 2.68 bits per heavy atom. The smallest absolute Gasteiger partial charge is 0.270 e. The molecule has 6 nitrogen and oxygen atoms in total. The van der Waals surface area contributed by atoms with Gasteiger partial charge in [0.2, 0.25) is 5.91 Å². The Bertz CT molecular complexity index is 897. The average molecular weight is 385 g/mol. The zero-order chi connectivity index (χ0) is 19.8. The van der Waals surface area contributed by atoms with Crippen LogP contribution in [0, 0.1) is 17.7 Å². The van der Waals surface area contributed by atoms with Crippen LogP contribution in [-0.4, -0.2) is 59.5 Å². The van der Waals surface area contributed by atoms with Crippen molar-refractivity contribution < 1.29 is 18.7 Å². The fourth-order valence-corrected chi connectivity index (χ4v) is 4.64. The highest BCUT2D eigenvalue weighted by Crippen LogP contribution is 2.45. The molecule has 0 spiro atoms. The molecule has 1 aromatic carbocycles. The maximum atomic E-state index is 13.9. The van der Waals surface area contributed by atoms with E-state index in [2.05, 4.69) is 0 Å². The van der Waals surface area contributed by atoms with E-state index in [1.54, 1.807) is 11.0 Å². The van der Waals surface area contributed by atoms with Crippen LogP contribution in [0.5, 0.6) is 0 Å². The number of fused-ring (bicyclic) bond motifs is 1. The van der Waals surface area contributed by atoms with Crippen LogP contribution in [0.1, 0.15) is 22.1 Å². The van der Waals surface area contributed by atoms with Gasteiger partial charge in [-0.15, -0.1) is 0 Å². The summed E-state index contributed by atoms with van der Waals surface area (Å²) >= 11 is 0. The zero-order valence-electron chi connectivity index (χ0n) is 16.0. The number of likely N-dealkylation sites (tertiary alicyclic amines) is 2. The lowest BCUT2D eigenvalue weighted by Gasteiger charge is -2.30. The minimum absolute atomic E-state index is 0.00273. The van der Waals surface area contributed by atoms with Crippen LogP contribution in [0.2, 0.25) is 0 Å². The van der Waals surface area contributed by atoms with E-state index >= 15 is 0 Å². The van der Waals surface area contributed by atoms with Gasteiger partial charge in [0, 0.05) is 51.8 Å². The number of methoxy groups -OCH3 is 1. The quantitative estimate of drug-likeness (QED) is 0.810. The normalized spacial score (nSPS) is 23.9. The van der Waals surface area contributed by atoms with E-state index in [1.165, 1.54) is 19.2 Å². The van der Waals surface area contributed by atoms with Gasteiger partial charge in [0.05, 0.1) is 6.04 Å². The van der Waals surface area contributed by atoms with E-state index in [9.17, 15) is 14.0 Å². The number of hydrogen-bond acceptors (Lipinski definition) is 3. The van der Waals surface area contributed by atoms with Crippen LogP contribution < -0.4 is 0 Å². The first-order valence-corrected chi connectivity index (χ1v) is 9.44. The molecule has 2 aliphatic rings. The number of halogens is 1. The SMILES string of the molecule is COCC(=O)N1C[C@H]2CN(C(=O)c3cccn3C)C[C@H]2[C@@H]1c1cccc(F)c1. The van der Waals surface area contributed by atoms with Crippen molar-refractivity contribution in [3.63, 3.8) is 0 Å². The van der Waals surface area contributed by atoms with E-state index in [0.717, 1.165) is 5.56 Å². The highest BCUT2D eigenvalue weighted by Gasteiger charge is 2.50. The number of hydrogen-bond donors (Lipinski definition) is 0. The molecule has 148 valence electrons. The highest BCUT2D eigenvalue weighted by molar-refractivity contribution is 5.93. The van der Waals surface area contributed by atoms with E-state index in [1.807, 2.05) is 40.9 Å². The van der Waals surface area contributed by atoms with Gasteiger partial charge in [0.1, 0.15) is 18.1 Å². The number of nitrogens with zero attached hydrogens (tertiary/aromatic N) is 3. The number of ether oxygens (including phenoxy) is 1. The fraction of sp³-hybridized carbons (Fsp3) is 0.429. The van der Waals surface area contributed by atoms with Gasteiger partial charge in [-0.05, 0) is 29.8 Å². The van der Waals surface area contributed by atoms with Crippen molar-refractivity contribution in [3.8, 4) is 0 Å². The molecule has 0 bridgehead atoms. The summed E-state index contributed by atoms with van der Waals surface area (Å²) in [6.07, 6.45) is 1.85. The third kappa shape index (κ3) is 3.20. The molecule has 2 fully saturated rings. The predicted molar refractivity (Wildman–Crippen MR) is 101 cm³/mol. The second-order valence-electron chi connectivity index (χ2n) is 7.62. The average Bonchev–Trinajstić information content (AvgIpc) is 3.35. The van der Waals surface area contributed by atoms with Crippen molar-refractivity contribution in [2.75, 3.05) is 33.4 Å². The molecule has 0 N–H and O–H groups in total. The molecule has 1 aromatic heterocycles. The summed E-state index contributed by atoms with van der Waals surface area (Å²) in [6.45, 7) is 1.69. The minimum atomic E-state index is -0.324. The van der Waals surface area contributed by atoms with Gasteiger partial charge in [-0.2, -0.15) is 0 Å². The van der Waals surface area contributed by atoms with Crippen LogP contribution in [0.25, 0.3) is 0 Å². The number of benzene rings is 1. The van der Waals surface area contributed by atoms with Crippen LogP contribution in [0.3, 0.4) is 0 Å². The van der Waals surface area contributed by atoms with Gasteiger partial charge in [0.25, 0.3) is 5.91 Å². The highest BCUT2D eigenvalue weighted by atomic mass is 19.1. The summed E-state index contributed by atoms with van der Waals surface area (Å²) in [6, 6.07) is 9.82. The fourth-order valence-electron chi connectivity index (χ4n) is 4.64. The van der Waals surface area contributed by atoms with E-state index in [4.69, 9.17) is 4.74 Å². The summed E-state index contributed by atoms with van der Waals surface area (Å²) < 4.78 is 20.7. The Kier molecular flexibility index (Phi) is 4.93. The first kappa shape index (κ1) is 18.7. The van der Waals surface area contributed by atoms with Crippen molar-refractivity contribution in [1.82, 2.24) is 14.4 Å². The topological polar surface area (TPSA) is 54.8 Å². The summed E-state index contributed by atoms with van der Waals surface area (Å²) in [5.41, 5.74) is 1.42. The number of carbonyl (C=O) groups is 2. The molecule has 2 amide bonds. The number of amides is 2. The second-order valence-corrected chi connectivity index (χ2v) is 7.62. The van der Waals surface area contributed by atoms with Gasteiger partial charge < -0.3 is 19.1 Å². The van der Waals surface area contributed by atoms with Crippen LogP contribution >= 0.6 is 0 Å². The molecule has 2 saturated heterocycles. The first-order valence-electron chi connectivity index (χ1n) is 9.44. The van der Waals surface area contributed by atoms with E-state index in [-0.39, 0.29) is 42.1 Å². The number of aryl methyl sites for hydroxylation is 1. The van der Waals surface area contributed by atoms with Crippen molar-refractivity contribution in [2.24, 2.45) is 18.9 Å². The van der Waals surface area contributed by atoms with Crippen LogP contribution in [0.4, 0.5) is 4.39 Å². The molecule has 0 aliphatic carbocycles. The third-order valence-electron chi connectivity index (χ3n) is 5.89. The van der Waals surface area contributed by atoms with Gasteiger partial charge in [-0.25, -0.2) is 4.39 Å². The van der Waals surface area contributed by atoms with Gasteiger partial charge >= 0.3 is 0 Å². The second kappa shape index (κ2) is 7.39. The molecular formula is C21H24FN3O3. The Morgan fingerprint density at radius 2 is 2.00 bits per heavy atom. The molecule has 2 aromatic rings. The van der Waals surface area contributed by atoms with Crippen molar-refractivity contribution in [3.05, 3.63) is 59.7 Å². The lowest BCUT2D eigenvalue weighted by Crippen LogP contribution is -2.39. The van der Waals surface area contributed by atoms with Crippen LogP contribution in [-0.2, 0) is 16.6 Å². The Balaban J connectivity index is 1.61. The summed E-state index contributed by atoms with van der Waals surface area (Å²) in [4.78, 5) is 29.2. The molecular weight excluding hydrogens is 361 g/mol. The zero-order valence-corrected chi connectivity index (χ0v) is 16.0. The first-order chi connectivity index (χ1) is 13.5. The standard InChI is InChI=1S/C21H24FN3O3/c1-23-8-4-7-18(23)21(27)24-10-15-11-25(19(26)13-28-2)20(17(15)12-24)14-5-3-6-16(22)9-14/h3-9,15,17,20H,10-13H2,1-2H3/t15-,17-,20+/m1/s1. The maximum absolute atomic E-state index is 13.9. The number of carbonyl (C=O) groups excluding carboxylic acids is 2. The molecule has 0 radical (unpaired) electrons. The molecule has 7 heteroatoms. The van der Waals surface area contributed by atoms with Gasteiger partial charge in [-0.3, -0.25) is 9.59 Å².